The van der Waals surface area contributed by atoms with Crippen LogP contribution in [0.2, 0.25) is 0 Å². The van der Waals surface area contributed by atoms with Crippen LogP contribution in [0, 0.1) is 6.92 Å². The van der Waals surface area contributed by atoms with E-state index >= 15 is 0 Å². The molecule has 130 valence electrons. The predicted octanol–water partition coefficient (Wildman–Crippen LogP) is 2.36. The van der Waals surface area contributed by atoms with E-state index in [9.17, 15) is 4.79 Å². The van der Waals surface area contributed by atoms with Crippen molar-refractivity contribution in [1.82, 2.24) is 30.1 Å². The molecule has 7 heteroatoms. The van der Waals surface area contributed by atoms with Gasteiger partial charge in [0.15, 0.2) is 0 Å². The molecule has 0 radical (unpaired) electrons. The molecule has 0 bridgehead atoms. The summed E-state index contributed by atoms with van der Waals surface area (Å²) in [6.45, 7) is 3.39. The third-order valence-corrected chi connectivity index (χ3v) is 4.41. The van der Waals surface area contributed by atoms with E-state index < -0.39 is 0 Å². The lowest BCUT2D eigenvalue weighted by molar-refractivity contribution is 0.0952. The Morgan fingerprint density at radius 1 is 1.12 bits per heavy atom. The number of carbonyl (C=O) groups excluding carboxylic acids is 1. The zero-order chi connectivity index (χ0) is 17.9. The monoisotopic (exact) mass is 346 g/mol. The number of aryl methyl sites for hydroxylation is 1. The number of amides is 1. The number of tetrazole rings is 1. The van der Waals surface area contributed by atoms with Gasteiger partial charge in [-0.3, -0.25) is 4.79 Å². The lowest BCUT2D eigenvalue weighted by Crippen LogP contribution is -2.27. The lowest BCUT2D eigenvalue weighted by atomic mass is 10.1. The van der Waals surface area contributed by atoms with E-state index in [4.69, 9.17) is 0 Å². The predicted molar refractivity (Wildman–Crippen MR) is 98.2 cm³/mol. The number of benzene rings is 2. The Balaban J connectivity index is 1.38. The Morgan fingerprint density at radius 3 is 2.73 bits per heavy atom. The topological polar surface area (TPSA) is 77.6 Å². The van der Waals surface area contributed by atoms with Crippen LogP contribution in [-0.4, -0.2) is 37.2 Å². The number of hydrogen-bond acceptors (Lipinski definition) is 4. The zero-order valence-electron chi connectivity index (χ0n) is 14.3. The molecule has 2 heterocycles. The van der Waals surface area contributed by atoms with Crippen LogP contribution < -0.4 is 5.32 Å². The van der Waals surface area contributed by atoms with Crippen molar-refractivity contribution in [3.63, 3.8) is 0 Å². The number of aromatic nitrogens is 5. The van der Waals surface area contributed by atoms with Gasteiger partial charge in [0.2, 0.25) is 0 Å². The molecule has 7 nitrogen and oxygen atoms in total. The van der Waals surface area contributed by atoms with E-state index in [1.165, 1.54) is 22.8 Å². The van der Waals surface area contributed by atoms with Crippen LogP contribution in [0.15, 0.2) is 61.1 Å². The molecule has 0 aliphatic heterocycles. The molecular weight excluding hydrogens is 328 g/mol. The highest BCUT2D eigenvalue weighted by Crippen LogP contribution is 2.19. The molecule has 0 spiro atoms. The first-order valence-corrected chi connectivity index (χ1v) is 8.38. The molecule has 0 aliphatic rings. The minimum absolute atomic E-state index is 0.0964. The van der Waals surface area contributed by atoms with Gasteiger partial charge in [-0.15, -0.1) is 5.10 Å². The second-order valence-corrected chi connectivity index (χ2v) is 6.07. The molecule has 1 amide bonds. The standard InChI is InChI=1S/C19H18N6O/c1-14-3-2-4-18-17(14)9-11-24(18)12-10-20-19(26)15-5-7-16(8-6-15)25-13-21-22-23-25/h2-9,11,13H,10,12H2,1H3,(H,20,26). The van der Waals surface area contributed by atoms with E-state index in [1.807, 2.05) is 12.1 Å². The fourth-order valence-electron chi connectivity index (χ4n) is 3.01. The number of rotatable bonds is 5. The molecule has 0 atom stereocenters. The molecule has 26 heavy (non-hydrogen) atoms. The molecule has 2 aromatic carbocycles. The van der Waals surface area contributed by atoms with Gasteiger partial charge in [0, 0.05) is 35.8 Å². The molecule has 0 saturated heterocycles. The van der Waals surface area contributed by atoms with Crippen molar-refractivity contribution >= 4 is 16.8 Å². The Morgan fingerprint density at radius 2 is 1.96 bits per heavy atom. The highest BCUT2D eigenvalue weighted by atomic mass is 16.1. The van der Waals surface area contributed by atoms with Crippen molar-refractivity contribution in [2.24, 2.45) is 0 Å². The first-order valence-electron chi connectivity index (χ1n) is 8.38. The summed E-state index contributed by atoms with van der Waals surface area (Å²) in [5.74, 6) is -0.0964. The quantitative estimate of drug-likeness (QED) is 0.602. The number of fused-ring (bicyclic) bond motifs is 1. The van der Waals surface area contributed by atoms with Crippen LogP contribution in [0.3, 0.4) is 0 Å². The Hall–Kier alpha value is -3.48. The van der Waals surface area contributed by atoms with Gasteiger partial charge < -0.3 is 9.88 Å². The summed E-state index contributed by atoms with van der Waals surface area (Å²) in [6.07, 6.45) is 3.57. The zero-order valence-corrected chi connectivity index (χ0v) is 14.3. The summed E-state index contributed by atoms with van der Waals surface area (Å²) in [5, 5.41) is 15.2. The Bertz CT molecular complexity index is 1030. The second-order valence-electron chi connectivity index (χ2n) is 6.07. The maximum atomic E-state index is 12.3. The number of hydrogen-bond donors (Lipinski definition) is 1. The summed E-state index contributed by atoms with van der Waals surface area (Å²) < 4.78 is 3.70. The average Bonchev–Trinajstić information content (AvgIpc) is 3.33. The highest BCUT2D eigenvalue weighted by Gasteiger charge is 2.07. The van der Waals surface area contributed by atoms with Gasteiger partial charge in [-0.25, -0.2) is 4.68 Å². The third kappa shape index (κ3) is 3.06. The smallest absolute Gasteiger partial charge is 0.251 e. The molecule has 2 aromatic heterocycles. The van der Waals surface area contributed by atoms with E-state index in [-0.39, 0.29) is 5.91 Å². The molecule has 4 rings (SSSR count). The van der Waals surface area contributed by atoms with Crippen LogP contribution in [0.25, 0.3) is 16.6 Å². The maximum absolute atomic E-state index is 12.3. The summed E-state index contributed by atoms with van der Waals surface area (Å²) in [5.41, 5.74) is 3.86. The van der Waals surface area contributed by atoms with Crippen LogP contribution >= 0.6 is 0 Å². The van der Waals surface area contributed by atoms with Gasteiger partial charge in [-0.1, -0.05) is 12.1 Å². The van der Waals surface area contributed by atoms with E-state index in [0.29, 0.717) is 12.1 Å². The molecule has 1 N–H and O–H groups in total. The van der Waals surface area contributed by atoms with Crippen LogP contribution in [0.1, 0.15) is 15.9 Å². The van der Waals surface area contributed by atoms with E-state index in [2.05, 4.69) is 62.8 Å². The van der Waals surface area contributed by atoms with Gasteiger partial charge >= 0.3 is 0 Å². The Labute approximate surface area is 150 Å². The van der Waals surface area contributed by atoms with Gasteiger partial charge in [0.25, 0.3) is 5.91 Å². The summed E-state index contributed by atoms with van der Waals surface area (Å²) in [7, 11) is 0. The molecule has 0 unspecified atom stereocenters. The van der Waals surface area contributed by atoms with Crippen molar-refractivity contribution in [1.29, 1.82) is 0 Å². The molecule has 0 saturated carbocycles. The average molecular weight is 346 g/mol. The maximum Gasteiger partial charge on any atom is 0.251 e. The van der Waals surface area contributed by atoms with Crippen molar-refractivity contribution in [3.05, 3.63) is 72.2 Å². The van der Waals surface area contributed by atoms with Crippen molar-refractivity contribution in [3.8, 4) is 5.69 Å². The normalized spacial score (nSPS) is 11.0. The number of nitrogens with zero attached hydrogens (tertiary/aromatic N) is 5. The molecule has 0 aliphatic carbocycles. The molecule has 4 aromatic rings. The van der Waals surface area contributed by atoms with Crippen LogP contribution in [0.4, 0.5) is 0 Å². The Kier molecular flexibility index (Phi) is 4.18. The van der Waals surface area contributed by atoms with Gasteiger partial charge in [-0.05, 0) is 59.3 Å². The van der Waals surface area contributed by atoms with Crippen molar-refractivity contribution in [2.45, 2.75) is 13.5 Å². The largest absolute Gasteiger partial charge is 0.350 e. The summed E-state index contributed by atoms with van der Waals surface area (Å²) >= 11 is 0. The number of carbonyl (C=O) groups is 1. The minimum Gasteiger partial charge on any atom is -0.350 e. The van der Waals surface area contributed by atoms with Crippen molar-refractivity contribution in [2.75, 3.05) is 6.54 Å². The van der Waals surface area contributed by atoms with Crippen LogP contribution in [-0.2, 0) is 6.54 Å². The third-order valence-electron chi connectivity index (χ3n) is 4.41. The van der Waals surface area contributed by atoms with E-state index in [0.717, 1.165) is 12.2 Å². The number of nitrogens with one attached hydrogen (secondary N) is 1. The molecule has 0 fully saturated rings. The summed E-state index contributed by atoms with van der Waals surface area (Å²) in [6, 6.07) is 15.5. The van der Waals surface area contributed by atoms with Crippen LogP contribution in [0.5, 0.6) is 0 Å². The summed E-state index contributed by atoms with van der Waals surface area (Å²) in [4.78, 5) is 12.3. The van der Waals surface area contributed by atoms with Crippen molar-refractivity contribution < 1.29 is 4.79 Å². The van der Waals surface area contributed by atoms with E-state index in [1.54, 1.807) is 16.8 Å². The first-order chi connectivity index (χ1) is 12.7. The lowest BCUT2D eigenvalue weighted by Gasteiger charge is -2.08. The highest BCUT2D eigenvalue weighted by molar-refractivity contribution is 5.94. The fraction of sp³-hybridized carbons (Fsp3) is 0.158. The second kappa shape index (κ2) is 6.79. The molecular formula is C19H18N6O. The van der Waals surface area contributed by atoms with Gasteiger partial charge in [0.05, 0.1) is 5.69 Å². The minimum atomic E-state index is -0.0964. The SMILES string of the molecule is Cc1cccc2c1ccn2CCNC(=O)c1ccc(-n2cnnn2)cc1. The first kappa shape index (κ1) is 16.0. The van der Waals surface area contributed by atoms with Gasteiger partial charge in [0.1, 0.15) is 6.33 Å². The van der Waals surface area contributed by atoms with Gasteiger partial charge in [-0.2, -0.15) is 0 Å². The fourth-order valence-corrected chi connectivity index (χ4v) is 3.01.